The first-order chi connectivity index (χ1) is 10.1. The van der Waals surface area contributed by atoms with Crippen LogP contribution in [0.1, 0.15) is 23.1 Å². The van der Waals surface area contributed by atoms with Gasteiger partial charge in [-0.05, 0) is 54.7 Å². The molecular formula is C15H13N3O2S. The van der Waals surface area contributed by atoms with Crippen LogP contribution in [0.4, 0.5) is 5.82 Å². The summed E-state index contributed by atoms with van der Waals surface area (Å²) < 4.78 is 27.2. The Kier molecular flexibility index (Phi) is 3.35. The van der Waals surface area contributed by atoms with E-state index in [1.54, 1.807) is 18.2 Å². The molecule has 1 aromatic heterocycles. The van der Waals surface area contributed by atoms with Crippen LogP contribution < -0.4 is 4.72 Å². The monoisotopic (exact) mass is 299 g/mol. The van der Waals surface area contributed by atoms with E-state index >= 15 is 0 Å². The molecule has 0 fully saturated rings. The molecule has 1 aliphatic rings. The number of sulfonamides is 1. The molecule has 3 rings (SSSR count). The second kappa shape index (κ2) is 5.19. The van der Waals surface area contributed by atoms with Crippen LogP contribution in [0.5, 0.6) is 0 Å². The largest absolute Gasteiger partial charge is 0.263 e. The Morgan fingerprint density at radius 1 is 1.19 bits per heavy atom. The summed E-state index contributed by atoms with van der Waals surface area (Å²) in [5, 5.41) is 8.99. The molecule has 0 spiro atoms. The quantitative estimate of drug-likeness (QED) is 0.942. The van der Waals surface area contributed by atoms with Gasteiger partial charge >= 0.3 is 0 Å². The number of nitrogens with zero attached hydrogens (tertiary/aromatic N) is 2. The van der Waals surface area contributed by atoms with E-state index in [9.17, 15) is 8.42 Å². The molecule has 0 bridgehead atoms. The molecule has 0 atom stereocenters. The fourth-order valence-electron chi connectivity index (χ4n) is 2.48. The van der Waals surface area contributed by atoms with Crippen molar-refractivity contribution in [3.8, 4) is 6.07 Å². The second-order valence-electron chi connectivity index (χ2n) is 4.90. The Hall–Kier alpha value is -2.39. The van der Waals surface area contributed by atoms with Crippen molar-refractivity contribution in [3.63, 3.8) is 0 Å². The van der Waals surface area contributed by atoms with E-state index in [-0.39, 0.29) is 16.3 Å². The Balaban J connectivity index is 1.96. The highest BCUT2D eigenvalue weighted by molar-refractivity contribution is 7.92. The van der Waals surface area contributed by atoms with Gasteiger partial charge in [0.15, 0.2) is 5.82 Å². The highest BCUT2D eigenvalue weighted by atomic mass is 32.2. The highest BCUT2D eigenvalue weighted by Gasteiger charge is 2.20. The van der Waals surface area contributed by atoms with Crippen LogP contribution >= 0.6 is 0 Å². The van der Waals surface area contributed by atoms with Gasteiger partial charge in [-0.15, -0.1) is 0 Å². The van der Waals surface area contributed by atoms with Crippen molar-refractivity contribution < 1.29 is 8.42 Å². The van der Waals surface area contributed by atoms with E-state index in [1.807, 2.05) is 12.1 Å². The normalized spacial score (nSPS) is 13.5. The Morgan fingerprint density at radius 3 is 2.81 bits per heavy atom. The number of anilines is 1. The Bertz CT molecular complexity index is 838. The molecule has 0 radical (unpaired) electrons. The van der Waals surface area contributed by atoms with E-state index in [1.165, 1.54) is 17.8 Å². The summed E-state index contributed by atoms with van der Waals surface area (Å²) in [5.74, 6) is 0.0560. The molecule has 1 N–H and O–H groups in total. The van der Waals surface area contributed by atoms with Crippen LogP contribution in [-0.2, 0) is 22.9 Å². The zero-order valence-corrected chi connectivity index (χ0v) is 12.0. The minimum atomic E-state index is -3.73. The number of fused-ring (bicyclic) bond motifs is 1. The third kappa shape index (κ3) is 2.60. The average Bonchev–Trinajstić information content (AvgIpc) is 2.95. The zero-order chi connectivity index (χ0) is 14.9. The van der Waals surface area contributed by atoms with Gasteiger partial charge in [0, 0.05) is 6.20 Å². The van der Waals surface area contributed by atoms with E-state index in [0.29, 0.717) is 0 Å². The van der Waals surface area contributed by atoms with Crippen LogP contribution in [0.2, 0.25) is 0 Å². The maximum atomic E-state index is 12.4. The average molecular weight is 299 g/mol. The number of rotatable bonds is 3. The summed E-state index contributed by atoms with van der Waals surface area (Å²) >= 11 is 0. The minimum Gasteiger partial charge on any atom is -0.262 e. The zero-order valence-electron chi connectivity index (χ0n) is 11.2. The van der Waals surface area contributed by atoms with Gasteiger partial charge in [0.05, 0.1) is 10.5 Å². The van der Waals surface area contributed by atoms with Crippen LogP contribution in [0.25, 0.3) is 0 Å². The molecule has 0 saturated heterocycles. The fourth-order valence-corrected chi connectivity index (χ4v) is 3.56. The lowest BCUT2D eigenvalue weighted by Crippen LogP contribution is -2.15. The molecule has 21 heavy (non-hydrogen) atoms. The van der Waals surface area contributed by atoms with Crippen molar-refractivity contribution >= 4 is 15.8 Å². The maximum Gasteiger partial charge on any atom is 0.263 e. The molecule has 2 aromatic rings. The maximum absolute atomic E-state index is 12.4. The van der Waals surface area contributed by atoms with E-state index in [0.717, 1.165) is 24.8 Å². The number of hydrogen-bond donors (Lipinski definition) is 1. The van der Waals surface area contributed by atoms with Crippen molar-refractivity contribution in [3.05, 3.63) is 53.2 Å². The number of nitrogens with one attached hydrogen (secondary N) is 1. The van der Waals surface area contributed by atoms with Crippen molar-refractivity contribution in [1.29, 1.82) is 5.26 Å². The molecule has 6 heteroatoms. The van der Waals surface area contributed by atoms with Crippen molar-refractivity contribution in [1.82, 2.24) is 4.98 Å². The SMILES string of the molecule is N#Cc1cccnc1NS(=O)(=O)c1ccc2c(c1)CCC2. The van der Waals surface area contributed by atoms with Crippen molar-refractivity contribution in [2.75, 3.05) is 4.72 Å². The van der Waals surface area contributed by atoms with Gasteiger partial charge in [0.1, 0.15) is 6.07 Å². The van der Waals surface area contributed by atoms with E-state index in [4.69, 9.17) is 5.26 Å². The molecule has 1 heterocycles. The molecule has 1 aliphatic carbocycles. The molecule has 0 saturated carbocycles. The third-order valence-electron chi connectivity index (χ3n) is 3.54. The standard InChI is InChI=1S/C15H13N3O2S/c16-10-13-5-2-8-17-15(13)18-21(19,20)14-7-6-11-3-1-4-12(11)9-14/h2,5-9H,1,3-4H2,(H,17,18). The number of aryl methyl sites for hydroxylation is 2. The van der Waals surface area contributed by atoms with Crippen molar-refractivity contribution in [2.24, 2.45) is 0 Å². The number of aromatic nitrogens is 1. The van der Waals surface area contributed by atoms with Crippen molar-refractivity contribution in [2.45, 2.75) is 24.2 Å². The number of benzene rings is 1. The first-order valence-electron chi connectivity index (χ1n) is 6.60. The van der Waals surface area contributed by atoms with Gasteiger partial charge < -0.3 is 0 Å². The lowest BCUT2D eigenvalue weighted by atomic mass is 10.1. The van der Waals surface area contributed by atoms with Gasteiger partial charge in [0.25, 0.3) is 10.0 Å². The lowest BCUT2D eigenvalue weighted by molar-refractivity contribution is 0.601. The van der Waals surface area contributed by atoms with Gasteiger partial charge in [-0.1, -0.05) is 6.07 Å². The first-order valence-corrected chi connectivity index (χ1v) is 8.08. The predicted octanol–water partition coefficient (Wildman–Crippen LogP) is 2.24. The smallest absolute Gasteiger partial charge is 0.262 e. The van der Waals surface area contributed by atoms with Gasteiger partial charge in [-0.25, -0.2) is 13.4 Å². The van der Waals surface area contributed by atoms with Crippen LogP contribution in [0.3, 0.4) is 0 Å². The third-order valence-corrected chi connectivity index (χ3v) is 4.88. The van der Waals surface area contributed by atoms with Crippen LogP contribution in [-0.4, -0.2) is 13.4 Å². The Labute approximate surface area is 123 Å². The molecule has 0 unspecified atom stereocenters. The number of hydrogen-bond acceptors (Lipinski definition) is 4. The summed E-state index contributed by atoms with van der Waals surface area (Å²) in [6.45, 7) is 0. The fraction of sp³-hybridized carbons (Fsp3) is 0.200. The van der Waals surface area contributed by atoms with E-state index in [2.05, 4.69) is 9.71 Å². The molecule has 0 aliphatic heterocycles. The summed E-state index contributed by atoms with van der Waals surface area (Å²) in [6, 6.07) is 10.2. The molecule has 1 aromatic carbocycles. The minimum absolute atomic E-state index is 0.0560. The molecule has 0 amide bonds. The topological polar surface area (TPSA) is 82.8 Å². The summed E-state index contributed by atoms with van der Waals surface area (Å²) in [4.78, 5) is 4.13. The lowest BCUT2D eigenvalue weighted by Gasteiger charge is -2.09. The van der Waals surface area contributed by atoms with Crippen LogP contribution in [0.15, 0.2) is 41.4 Å². The van der Waals surface area contributed by atoms with Crippen LogP contribution in [0, 0.1) is 11.3 Å². The highest BCUT2D eigenvalue weighted by Crippen LogP contribution is 2.25. The molecular weight excluding hydrogens is 286 g/mol. The van der Waals surface area contributed by atoms with E-state index < -0.39 is 10.0 Å². The second-order valence-corrected chi connectivity index (χ2v) is 6.58. The summed E-state index contributed by atoms with van der Waals surface area (Å²) in [5.41, 5.74) is 2.49. The number of pyridine rings is 1. The first kappa shape index (κ1) is 13.6. The predicted molar refractivity (Wildman–Crippen MR) is 78.2 cm³/mol. The molecule has 5 nitrogen and oxygen atoms in total. The van der Waals surface area contributed by atoms with Gasteiger partial charge in [-0.2, -0.15) is 5.26 Å². The van der Waals surface area contributed by atoms with Gasteiger partial charge in [-0.3, -0.25) is 4.72 Å². The molecule has 106 valence electrons. The summed E-state index contributed by atoms with van der Waals surface area (Å²) in [7, 11) is -3.73. The number of nitriles is 1. The Morgan fingerprint density at radius 2 is 2.00 bits per heavy atom. The summed E-state index contributed by atoms with van der Waals surface area (Å²) in [6.07, 6.45) is 4.42. The van der Waals surface area contributed by atoms with Gasteiger partial charge in [0.2, 0.25) is 0 Å².